The maximum Gasteiger partial charge on any atom is 0.148 e. The van der Waals surface area contributed by atoms with E-state index in [0.717, 1.165) is 0 Å². The zero-order valence-corrected chi connectivity index (χ0v) is 9.65. The summed E-state index contributed by atoms with van der Waals surface area (Å²) >= 11 is 5.97. The Kier molecular flexibility index (Phi) is 3.37. The van der Waals surface area contributed by atoms with Gasteiger partial charge in [-0.15, -0.1) is 0 Å². The lowest BCUT2D eigenvalue weighted by Gasteiger charge is -2.15. The van der Waals surface area contributed by atoms with Crippen LogP contribution >= 0.6 is 11.6 Å². The molecule has 1 N–H and O–H groups in total. The highest BCUT2D eigenvalue weighted by atomic mass is 35.5. The van der Waals surface area contributed by atoms with Crippen LogP contribution in [0.5, 0.6) is 0 Å². The van der Waals surface area contributed by atoms with Crippen molar-refractivity contribution in [3.05, 3.63) is 53.4 Å². The molecule has 1 atom stereocenters. The van der Waals surface area contributed by atoms with Crippen LogP contribution in [-0.4, -0.2) is 9.97 Å². The van der Waals surface area contributed by atoms with Crippen molar-refractivity contribution in [1.29, 1.82) is 0 Å². The molecule has 1 aromatic heterocycles. The first kappa shape index (κ1) is 10.9. The quantitative estimate of drug-likeness (QED) is 0.884. The third kappa shape index (κ3) is 2.49. The van der Waals surface area contributed by atoms with Crippen molar-refractivity contribution in [2.45, 2.75) is 13.0 Å². The largest absolute Gasteiger partial charge is 0.362 e. The van der Waals surface area contributed by atoms with Gasteiger partial charge in [0.2, 0.25) is 0 Å². The summed E-state index contributed by atoms with van der Waals surface area (Å²) < 4.78 is 0. The van der Waals surface area contributed by atoms with Crippen molar-refractivity contribution in [2.75, 3.05) is 5.32 Å². The number of benzene rings is 1. The van der Waals surface area contributed by atoms with Crippen LogP contribution in [0.1, 0.15) is 18.5 Å². The molecule has 3 nitrogen and oxygen atoms in total. The van der Waals surface area contributed by atoms with Crippen LogP contribution in [-0.2, 0) is 0 Å². The fraction of sp³-hybridized carbons (Fsp3) is 0.167. The number of hydrogen-bond donors (Lipinski definition) is 1. The van der Waals surface area contributed by atoms with Gasteiger partial charge in [-0.25, -0.2) is 9.97 Å². The van der Waals surface area contributed by atoms with Crippen molar-refractivity contribution in [1.82, 2.24) is 9.97 Å². The number of nitrogens with zero attached hydrogens (tertiary/aromatic N) is 2. The number of nitrogens with one attached hydrogen (secondary N) is 1. The van der Waals surface area contributed by atoms with E-state index in [0.29, 0.717) is 10.8 Å². The van der Waals surface area contributed by atoms with E-state index in [1.807, 2.05) is 18.2 Å². The molecule has 0 saturated heterocycles. The summed E-state index contributed by atoms with van der Waals surface area (Å²) in [6.07, 6.45) is 3.06. The normalized spacial score (nSPS) is 12.1. The van der Waals surface area contributed by atoms with Crippen molar-refractivity contribution in [3.63, 3.8) is 0 Å². The Bertz CT molecular complexity index is 459. The minimum atomic E-state index is 0.161. The number of rotatable bonds is 3. The second-order valence-electron chi connectivity index (χ2n) is 3.50. The molecule has 2 rings (SSSR count). The highest BCUT2D eigenvalue weighted by Gasteiger charge is 2.07. The Morgan fingerprint density at radius 1 is 1.25 bits per heavy atom. The number of anilines is 1. The monoisotopic (exact) mass is 233 g/mol. The van der Waals surface area contributed by atoms with E-state index in [1.165, 1.54) is 11.9 Å². The summed E-state index contributed by atoms with van der Waals surface area (Å²) in [5, 5.41) is 3.78. The van der Waals surface area contributed by atoms with Crippen LogP contribution in [0.3, 0.4) is 0 Å². The van der Waals surface area contributed by atoms with Crippen LogP contribution in [0.2, 0.25) is 5.02 Å². The van der Waals surface area contributed by atoms with Gasteiger partial charge in [-0.1, -0.05) is 41.9 Å². The molecular formula is C12H12ClN3. The maximum absolute atomic E-state index is 5.97. The Balaban J connectivity index is 2.14. The Morgan fingerprint density at radius 2 is 2.00 bits per heavy atom. The highest BCUT2D eigenvalue weighted by Crippen LogP contribution is 2.22. The lowest BCUT2D eigenvalue weighted by atomic mass is 10.1. The van der Waals surface area contributed by atoms with Gasteiger partial charge in [-0.3, -0.25) is 0 Å². The minimum absolute atomic E-state index is 0.161. The molecule has 0 bridgehead atoms. The van der Waals surface area contributed by atoms with Crippen molar-refractivity contribution in [3.8, 4) is 0 Å². The van der Waals surface area contributed by atoms with Crippen LogP contribution in [0, 0.1) is 0 Å². The van der Waals surface area contributed by atoms with Gasteiger partial charge in [0.15, 0.2) is 0 Å². The third-order valence-electron chi connectivity index (χ3n) is 2.32. The van der Waals surface area contributed by atoms with Gasteiger partial charge in [0.05, 0.1) is 6.20 Å². The number of halogens is 1. The SMILES string of the molecule is CC(Nc1ncncc1Cl)c1ccccc1. The molecule has 0 radical (unpaired) electrons. The molecular weight excluding hydrogens is 222 g/mol. The van der Waals surface area contributed by atoms with Gasteiger partial charge < -0.3 is 5.32 Å². The number of aromatic nitrogens is 2. The summed E-state index contributed by atoms with van der Waals surface area (Å²) in [5.74, 6) is 0.660. The van der Waals surface area contributed by atoms with Gasteiger partial charge in [-0.05, 0) is 12.5 Å². The molecule has 0 aliphatic carbocycles. The predicted molar refractivity (Wildman–Crippen MR) is 65.5 cm³/mol. The summed E-state index contributed by atoms with van der Waals surface area (Å²) in [4.78, 5) is 7.93. The van der Waals surface area contributed by atoms with Gasteiger partial charge in [0, 0.05) is 6.04 Å². The van der Waals surface area contributed by atoms with Crippen LogP contribution in [0.15, 0.2) is 42.9 Å². The zero-order valence-electron chi connectivity index (χ0n) is 8.89. The molecule has 82 valence electrons. The molecule has 1 heterocycles. The molecule has 0 aliphatic heterocycles. The first-order valence-corrected chi connectivity index (χ1v) is 5.42. The Morgan fingerprint density at radius 3 is 2.69 bits per heavy atom. The lowest BCUT2D eigenvalue weighted by molar-refractivity contribution is 0.872. The summed E-state index contributed by atoms with van der Waals surface area (Å²) in [6, 6.07) is 10.3. The van der Waals surface area contributed by atoms with E-state index < -0.39 is 0 Å². The van der Waals surface area contributed by atoms with Gasteiger partial charge in [0.1, 0.15) is 17.2 Å². The molecule has 0 saturated carbocycles. The van der Waals surface area contributed by atoms with Crippen LogP contribution in [0.4, 0.5) is 5.82 Å². The highest BCUT2D eigenvalue weighted by molar-refractivity contribution is 6.32. The summed E-state index contributed by atoms with van der Waals surface area (Å²) in [7, 11) is 0. The smallest absolute Gasteiger partial charge is 0.148 e. The molecule has 1 unspecified atom stereocenters. The molecule has 1 aromatic carbocycles. The molecule has 0 spiro atoms. The molecule has 2 aromatic rings. The minimum Gasteiger partial charge on any atom is -0.362 e. The first-order valence-electron chi connectivity index (χ1n) is 5.04. The average molecular weight is 234 g/mol. The topological polar surface area (TPSA) is 37.8 Å². The average Bonchev–Trinajstić information content (AvgIpc) is 2.33. The first-order chi connectivity index (χ1) is 7.77. The fourth-order valence-corrected chi connectivity index (χ4v) is 1.61. The zero-order chi connectivity index (χ0) is 11.4. The van der Waals surface area contributed by atoms with Gasteiger partial charge in [0.25, 0.3) is 0 Å². The summed E-state index contributed by atoms with van der Waals surface area (Å²) in [6.45, 7) is 2.06. The lowest BCUT2D eigenvalue weighted by Crippen LogP contribution is -2.08. The second kappa shape index (κ2) is 4.94. The van der Waals surface area contributed by atoms with E-state index in [4.69, 9.17) is 11.6 Å². The van der Waals surface area contributed by atoms with Crippen molar-refractivity contribution in [2.24, 2.45) is 0 Å². The van der Waals surface area contributed by atoms with Crippen molar-refractivity contribution < 1.29 is 0 Å². The second-order valence-corrected chi connectivity index (χ2v) is 3.90. The van der Waals surface area contributed by atoms with E-state index >= 15 is 0 Å². The van der Waals surface area contributed by atoms with Gasteiger partial charge >= 0.3 is 0 Å². The standard InChI is InChI=1S/C12H12ClN3/c1-9(10-5-3-2-4-6-10)16-12-11(13)7-14-8-15-12/h2-9H,1H3,(H,14,15,16). The van der Waals surface area contributed by atoms with E-state index in [2.05, 4.69) is 34.3 Å². The molecule has 0 aliphatic rings. The number of hydrogen-bond acceptors (Lipinski definition) is 3. The maximum atomic E-state index is 5.97. The molecule has 16 heavy (non-hydrogen) atoms. The Hall–Kier alpha value is -1.61. The van der Waals surface area contributed by atoms with E-state index in [9.17, 15) is 0 Å². The molecule has 4 heteroatoms. The predicted octanol–water partition coefficient (Wildman–Crippen LogP) is 3.30. The van der Waals surface area contributed by atoms with Gasteiger partial charge in [-0.2, -0.15) is 0 Å². The van der Waals surface area contributed by atoms with Crippen LogP contribution < -0.4 is 5.32 Å². The van der Waals surface area contributed by atoms with E-state index in [1.54, 1.807) is 6.20 Å². The molecule has 0 fully saturated rings. The third-order valence-corrected chi connectivity index (χ3v) is 2.60. The molecule has 0 amide bonds. The Labute approximate surface area is 99.5 Å². The van der Waals surface area contributed by atoms with Crippen molar-refractivity contribution >= 4 is 17.4 Å². The fourth-order valence-electron chi connectivity index (χ4n) is 1.45. The summed E-state index contributed by atoms with van der Waals surface area (Å²) in [5.41, 5.74) is 1.19. The van der Waals surface area contributed by atoms with Crippen LogP contribution in [0.25, 0.3) is 0 Å². The van der Waals surface area contributed by atoms with E-state index in [-0.39, 0.29) is 6.04 Å².